The molecule has 7 heteroatoms. The van der Waals surface area contributed by atoms with Crippen LogP contribution in [0.5, 0.6) is 17.2 Å². The number of benzene rings is 2. The molecule has 2 heterocycles. The normalized spacial score (nSPS) is 17.2. The smallest absolute Gasteiger partial charge is 0.415 e. The molecule has 0 atom stereocenters. The Bertz CT molecular complexity index is 946. The molecule has 144 valence electrons. The molecule has 0 bridgehead atoms. The lowest BCUT2D eigenvalue weighted by molar-refractivity contribution is 0.0416. The number of methoxy groups -OCH3 is 1. The van der Waals surface area contributed by atoms with Crippen LogP contribution in [0.4, 0.5) is 4.79 Å². The molecule has 0 N–H and O–H groups in total. The van der Waals surface area contributed by atoms with E-state index in [2.05, 4.69) is 0 Å². The second kappa shape index (κ2) is 7.74. The highest BCUT2D eigenvalue weighted by Crippen LogP contribution is 2.35. The highest BCUT2D eigenvalue weighted by atomic mass is 16.6. The van der Waals surface area contributed by atoms with E-state index in [0.29, 0.717) is 49.1 Å². The first-order chi connectivity index (χ1) is 13.6. The lowest BCUT2D eigenvalue weighted by Crippen LogP contribution is -2.42. The highest BCUT2D eigenvalue weighted by Gasteiger charge is 2.28. The molecule has 0 saturated carbocycles. The maximum atomic E-state index is 12.6. The standard InChI is InChI=1S/C21H19NO6/c1-25-15-4-2-3-14(11-15)12-19-20(23)17-6-5-16(13-18(17)28-19)27-21(24)22-7-9-26-10-8-22/h2-6,11-13H,7-10H2,1H3/b19-12-. The molecule has 1 saturated heterocycles. The van der Waals surface area contributed by atoms with E-state index in [0.717, 1.165) is 5.56 Å². The van der Waals surface area contributed by atoms with Crippen molar-refractivity contribution in [1.82, 2.24) is 4.90 Å². The Kier molecular flexibility index (Phi) is 4.99. The molecule has 28 heavy (non-hydrogen) atoms. The summed E-state index contributed by atoms with van der Waals surface area (Å²) in [6.45, 7) is 1.98. The number of ether oxygens (including phenoxy) is 4. The first kappa shape index (κ1) is 18.1. The molecule has 2 aromatic rings. The summed E-state index contributed by atoms with van der Waals surface area (Å²) in [7, 11) is 1.58. The van der Waals surface area contributed by atoms with Crippen LogP contribution in [-0.4, -0.2) is 50.2 Å². The van der Waals surface area contributed by atoms with E-state index < -0.39 is 6.09 Å². The molecule has 0 radical (unpaired) electrons. The first-order valence-electron chi connectivity index (χ1n) is 8.91. The Morgan fingerprint density at radius 3 is 2.71 bits per heavy atom. The van der Waals surface area contributed by atoms with Gasteiger partial charge >= 0.3 is 6.09 Å². The van der Waals surface area contributed by atoms with E-state index in [1.54, 1.807) is 36.3 Å². The number of hydrogen-bond donors (Lipinski definition) is 0. The summed E-state index contributed by atoms with van der Waals surface area (Å²) in [4.78, 5) is 26.4. The molecular formula is C21H19NO6. The number of carbonyl (C=O) groups excluding carboxylic acids is 2. The van der Waals surface area contributed by atoms with Crippen molar-refractivity contribution in [3.63, 3.8) is 0 Å². The number of amides is 1. The van der Waals surface area contributed by atoms with Gasteiger partial charge in [-0.1, -0.05) is 12.1 Å². The van der Waals surface area contributed by atoms with Crippen LogP contribution in [0.15, 0.2) is 48.2 Å². The van der Waals surface area contributed by atoms with E-state index in [9.17, 15) is 9.59 Å². The van der Waals surface area contributed by atoms with Gasteiger partial charge in [0.15, 0.2) is 5.76 Å². The largest absolute Gasteiger partial charge is 0.497 e. The van der Waals surface area contributed by atoms with Gasteiger partial charge in [-0.3, -0.25) is 4.79 Å². The summed E-state index contributed by atoms with van der Waals surface area (Å²) in [6.07, 6.45) is 1.21. The average molecular weight is 381 g/mol. The highest BCUT2D eigenvalue weighted by molar-refractivity contribution is 6.14. The molecule has 0 aliphatic carbocycles. The van der Waals surface area contributed by atoms with Gasteiger partial charge in [0.2, 0.25) is 5.78 Å². The van der Waals surface area contributed by atoms with Crippen LogP contribution >= 0.6 is 0 Å². The van der Waals surface area contributed by atoms with E-state index >= 15 is 0 Å². The fourth-order valence-corrected chi connectivity index (χ4v) is 3.02. The Labute approximate surface area is 162 Å². The number of morpholine rings is 1. The van der Waals surface area contributed by atoms with Gasteiger partial charge in [-0.15, -0.1) is 0 Å². The average Bonchev–Trinajstić information content (AvgIpc) is 3.03. The fraction of sp³-hybridized carbons (Fsp3) is 0.238. The lowest BCUT2D eigenvalue weighted by atomic mass is 10.1. The lowest BCUT2D eigenvalue weighted by Gasteiger charge is -2.25. The second-order valence-corrected chi connectivity index (χ2v) is 6.34. The molecule has 4 rings (SSSR count). The number of fused-ring (bicyclic) bond motifs is 1. The molecule has 7 nitrogen and oxygen atoms in total. The number of rotatable bonds is 3. The van der Waals surface area contributed by atoms with Crippen LogP contribution in [0, 0.1) is 0 Å². The minimum Gasteiger partial charge on any atom is -0.497 e. The Morgan fingerprint density at radius 2 is 1.93 bits per heavy atom. The molecule has 0 unspecified atom stereocenters. The predicted octanol–water partition coefficient (Wildman–Crippen LogP) is 3.14. The van der Waals surface area contributed by atoms with Crippen molar-refractivity contribution in [2.24, 2.45) is 0 Å². The van der Waals surface area contributed by atoms with Gasteiger partial charge in [0.25, 0.3) is 0 Å². The van der Waals surface area contributed by atoms with Gasteiger partial charge in [0.05, 0.1) is 25.9 Å². The fourth-order valence-electron chi connectivity index (χ4n) is 3.02. The molecule has 1 amide bonds. The van der Waals surface area contributed by atoms with E-state index in [4.69, 9.17) is 18.9 Å². The summed E-state index contributed by atoms with van der Waals surface area (Å²) in [5, 5.41) is 0. The van der Waals surface area contributed by atoms with E-state index in [-0.39, 0.29) is 11.5 Å². The third kappa shape index (κ3) is 3.70. The van der Waals surface area contributed by atoms with Crippen LogP contribution in [0.1, 0.15) is 15.9 Å². The topological polar surface area (TPSA) is 74.3 Å². The van der Waals surface area contributed by atoms with E-state index in [1.807, 2.05) is 24.3 Å². The minimum atomic E-state index is -0.445. The molecule has 0 spiro atoms. The number of nitrogens with zero attached hydrogens (tertiary/aromatic N) is 1. The van der Waals surface area contributed by atoms with Crippen LogP contribution in [0.3, 0.4) is 0 Å². The van der Waals surface area contributed by atoms with E-state index in [1.165, 1.54) is 0 Å². The maximum absolute atomic E-state index is 12.6. The first-order valence-corrected chi connectivity index (χ1v) is 8.91. The molecule has 2 aromatic carbocycles. The summed E-state index contributed by atoms with van der Waals surface area (Å²) in [5.41, 5.74) is 1.22. The van der Waals surface area contributed by atoms with Crippen molar-refractivity contribution in [3.8, 4) is 17.2 Å². The van der Waals surface area contributed by atoms with Crippen molar-refractivity contribution >= 4 is 18.0 Å². The quantitative estimate of drug-likeness (QED) is 0.761. The number of allylic oxidation sites excluding steroid dienone is 1. The van der Waals surface area contributed by atoms with Crippen molar-refractivity contribution in [1.29, 1.82) is 0 Å². The Hall–Kier alpha value is -3.32. The third-order valence-corrected chi connectivity index (χ3v) is 4.51. The van der Waals surface area contributed by atoms with Gasteiger partial charge in [0.1, 0.15) is 17.2 Å². The van der Waals surface area contributed by atoms with Crippen LogP contribution in [-0.2, 0) is 4.74 Å². The minimum absolute atomic E-state index is 0.208. The molecule has 2 aliphatic rings. The van der Waals surface area contributed by atoms with Crippen LogP contribution in [0.2, 0.25) is 0 Å². The van der Waals surface area contributed by atoms with Crippen molar-refractivity contribution < 1.29 is 28.5 Å². The number of Topliss-reactive ketones (excluding diaryl/α,β-unsaturated/α-hetero) is 1. The SMILES string of the molecule is COc1cccc(/C=C2\Oc3cc(OC(=O)N4CCOCC4)ccc3C2=O)c1. The zero-order valence-electron chi connectivity index (χ0n) is 15.3. The van der Waals surface area contributed by atoms with Gasteiger partial charge < -0.3 is 23.8 Å². The van der Waals surface area contributed by atoms with Gasteiger partial charge in [-0.05, 0) is 35.9 Å². The monoisotopic (exact) mass is 381 g/mol. The number of ketones is 1. The molecule has 0 aromatic heterocycles. The third-order valence-electron chi connectivity index (χ3n) is 4.51. The zero-order valence-corrected chi connectivity index (χ0v) is 15.3. The number of hydrogen-bond acceptors (Lipinski definition) is 6. The summed E-state index contributed by atoms with van der Waals surface area (Å²) >= 11 is 0. The maximum Gasteiger partial charge on any atom is 0.415 e. The number of carbonyl (C=O) groups is 2. The second-order valence-electron chi connectivity index (χ2n) is 6.34. The van der Waals surface area contributed by atoms with Crippen LogP contribution < -0.4 is 14.2 Å². The molecule has 1 fully saturated rings. The van der Waals surface area contributed by atoms with Crippen molar-refractivity contribution in [2.75, 3.05) is 33.4 Å². The summed E-state index contributed by atoms with van der Waals surface area (Å²) < 4.78 is 21.5. The molecular weight excluding hydrogens is 362 g/mol. The van der Waals surface area contributed by atoms with Crippen molar-refractivity contribution in [3.05, 3.63) is 59.4 Å². The molecule has 2 aliphatic heterocycles. The Balaban J connectivity index is 1.51. The van der Waals surface area contributed by atoms with Gasteiger partial charge in [-0.2, -0.15) is 0 Å². The summed E-state index contributed by atoms with van der Waals surface area (Å²) in [6, 6.07) is 12.1. The van der Waals surface area contributed by atoms with Gasteiger partial charge in [0, 0.05) is 19.2 Å². The zero-order chi connectivity index (χ0) is 19.5. The Morgan fingerprint density at radius 1 is 1.11 bits per heavy atom. The van der Waals surface area contributed by atoms with Gasteiger partial charge in [-0.25, -0.2) is 4.79 Å². The van der Waals surface area contributed by atoms with Crippen molar-refractivity contribution in [2.45, 2.75) is 0 Å². The summed E-state index contributed by atoms with van der Waals surface area (Å²) in [5.74, 6) is 1.37. The predicted molar refractivity (Wildman–Crippen MR) is 101 cm³/mol. The van der Waals surface area contributed by atoms with Crippen LogP contribution in [0.25, 0.3) is 6.08 Å².